The standard InChI is InChI=1S/C30H22Br4O8S/c1-39-29(35)19-7-3-17(4-8-19)15-41-21-11-13-22(14-12-21)43(37,38)28-25(33)23(31)27(24(32)26(28)34)42-16-18-5-9-20(10-6-18)30(36)40-2/h3-14H,15-16H2,1-2H3. The van der Waals surface area contributed by atoms with Gasteiger partial charge in [-0.05, 0) is 123 Å². The zero-order chi connectivity index (χ0) is 31.3. The molecule has 0 saturated heterocycles. The number of carbonyl (C=O) groups excluding carboxylic acids is 2. The highest BCUT2D eigenvalue weighted by Crippen LogP contribution is 2.49. The summed E-state index contributed by atoms with van der Waals surface area (Å²) in [6, 6.07) is 19.6. The molecule has 0 aliphatic heterocycles. The summed E-state index contributed by atoms with van der Waals surface area (Å²) in [6.07, 6.45) is 0. The van der Waals surface area contributed by atoms with Crippen molar-refractivity contribution >= 4 is 85.5 Å². The van der Waals surface area contributed by atoms with Crippen molar-refractivity contribution in [2.45, 2.75) is 23.0 Å². The summed E-state index contributed by atoms with van der Waals surface area (Å²) in [6.45, 7) is 0.377. The van der Waals surface area contributed by atoms with E-state index in [1.807, 2.05) is 0 Å². The summed E-state index contributed by atoms with van der Waals surface area (Å²) in [5.41, 5.74) is 2.46. The summed E-state index contributed by atoms with van der Waals surface area (Å²) < 4.78 is 50.0. The van der Waals surface area contributed by atoms with Crippen LogP contribution >= 0.6 is 63.7 Å². The van der Waals surface area contributed by atoms with Crippen molar-refractivity contribution in [2.24, 2.45) is 0 Å². The quantitative estimate of drug-likeness (QED) is 0.116. The number of esters is 2. The van der Waals surface area contributed by atoms with E-state index in [1.54, 1.807) is 60.7 Å². The van der Waals surface area contributed by atoms with Crippen LogP contribution < -0.4 is 9.47 Å². The molecule has 4 aromatic rings. The van der Waals surface area contributed by atoms with E-state index in [-0.39, 0.29) is 32.0 Å². The smallest absolute Gasteiger partial charge is 0.337 e. The lowest BCUT2D eigenvalue weighted by atomic mass is 10.1. The molecule has 224 valence electrons. The maximum absolute atomic E-state index is 13.7. The van der Waals surface area contributed by atoms with Crippen LogP contribution in [0.4, 0.5) is 0 Å². The number of sulfone groups is 1. The largest absolute Gasteiger partial charge is 0.489 e. The minimum atomic E-state index is -4.00. The Hall–Kier alpha value is -2.71. The van der Waals surface area contributed by atoms with Gasteiger partial charge in [0.05, 0.1) is 48.1 Å². The molecule has 4 rings (SSSR count). The summed E-state index contributed by atoms with van der Waals surface area (Å²) in [4.78, 5) is 23.3. The van der Waals surface area contributed by atoms with Gasteiger partial charge in [0.2, 0.25) is 9.84 Å². The molecule has 0 bridgehead atoms. The molecule has 0 amide bonds. The first kappa shape index (κ1) is 33.2. The van der Waals surface area contributed by atoms with Crippen molar-refractivity contribution in [3.63, 3.8) is 0 Å². The van der Waals surface area contributed by atoms with Crippen molar-refractivity contribution in [2.75, 3.05) is 14.2 Å². The van der Waals surface area contributed by atoms with Crippen molar-refractivity contribution in [1.29, 1.82) is 0 Å². The zero-order valence-corrected chi connectivity index (χ0v) is 29.7. The molecule has 43 heavy (non-hydrogen) atoms. The van der Waals surface area contributed by atoms with Gasteiger partial charge in [0, 0.05) is 0 Å². The maximum atomic E-state index is 13.7. The van der Waals surface area contributed by atoms with E-state index in [4.69, 9.17) is 18.9 Å². The van der Waals surface area contributed by atoms with Gasteiger partial charge >= 0.3 is 11.9 Å². The van der Waals surface area contributed by atoms with E-state index in [9.17, 15) is 18.0 Å². The van der Waals surface area contributed by atoms with Crippen molar-refractivity contribution in [3.8, 4) is 11.5 Å². The predicted molar refractivity (Wildman–Crippen MR) is 173 cm³/mol. The molecule has 0 radical (unpaired) electrons. The Bertz CT molecular complexity index is 1730. The first-order valence-corrected chi connectivity index (χ1v) is 16.9. The molecule has 0 aliphatic carbocycles. The second kappa shape index (κ2) is 14.4. The average molecular weight is 862 g/mol. The highest BCUT2D eigenvalue weighted by molar-refractivity contribution is 9.14. The molecule has 0 fully saturated rings. The average Bonchev–Trinajstić information content (AvgIpc) is 3.02. The van der Waals surface area contributed by atoms with Crippen molar-refractivity contribution < 1.29 is 37.0 Å². The minimum Gasteiger partial charge on any atom is -0.489 e. The fourth-order valence-corrected chi connectivity index (χ4v) is 9.08. The van der Waals surface area contributed by atoms with Crippen LogP contribution in [0, 0.1) is 0 Å². The monoisotopic (exact) mass is 858 g/mol. The normalized spacial score (nSPS) is 11.1. The number of benzene rings is 4. The molecule has 0 unspecified atom stereocenters. The summed E-state index contributed by atoms with van der Waals surface area (Å²) >= 11 is 13.8. The number of methoxy groups -OCH3 is 2. The molecular weight excluding hydrogens is 840 g/mol. The number of rotatable bonds is 10. The van der Waals surface area contributed by atoms with Crippen LogP contribution in [-0.4, -0.2) is 34.6 Å². The number of hydrogen-bond acceptors (Lipinski definition) is 8. The van der Waals surface area contributed by atoms with Gasteiger partial charge in [0.1, 0.15) is 23.9 Å². The van der Waals surface area contributed by atoms with Crippen LogP contribution in [0.3, 0.4) is 0 Å². The van der Waals surface area contributed by atoms with Gasteiger partial charge in [0.25, 0.3) is 0 Å². The second-order valence-corrected chi connectivity index (χ2v) is 13.9. The van der Waals surface area contributed by atoms with E-state index in [1.165, 1.54) is 26.4 Å². The van der Waals surface area contributed by atoms with Gasteiger partial charge in [0.15, 0.2) is 5.75 Å². The lowest BCUT2D eigenvalue weighted by Gasteiger charge is -2.18. The summed E-state index contributed by atoms with van der Waals surface area (Å²) in [5.74, 6) is -0.0145. The van der Waals surface area contributed by atoms with Gasteiger partial charge in [-0.25, -0.2) is 18.0 Å². The molecule has 4 aromatic carbocycles. The zero-order valence-electron chi connectivity index (χ0n) is 22.5. The molecule has 0 heterocycles. The fraction of sp³-hybridized carbons (Fsp3) is 0.133. The van der Waals surface area contributed by atoms with Crippen LogP contribution in [0.5, 0.6) is 11.5 Å². The van der Waals surface area contributed by atoms with Crippen LogP contribution in [0.15, 0.2) is 100 Å². The van der Waals surface area contributed by atoms with E-state index >= 15 is 0 Å². The van der Waals surface area contributed by atoms with Crippen LogP contribution in [0.1, 0.15) is 31.8 Å². The van der Waals surface area contributed by atoms with Crippen LogP contribution in [0.25, 0.3) is 0 Å². The fourth-order valence-electron chi connectivity index (χ4n) is 3.82. The molecular formula is C30H22Br4O8S. The van der Waals surface area contributed by atoms with Gasteiger partial charge < -0.3 is 18.9 Å². The van der Waals surface area contributed by atoms with E-state index in [2.05, 4.69) is 63.7 Å². The molecule has 0 N–H and O–H groups in total. The topological polar surface area (TPSA) is 105 Å². The lowest BCUT2D eigenvalue weighted by molar-refractivity contribution is 0.0592. The third-order valence-corrected chi connectivity index (χ3v) is 12.7. The molecule has 0 aromatic heterocycles. The van der Waals surface area contributed by atoms with Gasteiger partial charge in [-0.2, -0.15) is 0 Å². The second-order valence-electron chi connectivity index (χ2n) is 8.84. The van der Waals surface area contributed by atoms with Crippen LogP contribution in [0.2, 0.25) is 0 Å². The minimum absolute atomic E-state index is 0.000366. The first-order chi connectivity index (χ1) is 20.5. The molecule has 0 saturated carbocycles. The van der Waals surface area contributed by atoms with Gasteiger partial charge in [-0.1, -0.05) is 24.3 Å². The van der Waals surface area contributed by atoms with Crippen molar-refractivity contribution in [1.82, 2.24) is 0 Å². The molecule has 0 aliphatic rings. The Labute approximate surface area is 282 Å². The molecule has 8 nitrogen and oxygen atoms in total. The molecule has 13 heteroatoms. The van der Waals surface area contributed by atoms with Crippen LogP contribution in [-0.2, 0) is 32.5 Å². The number of carbonyl (C=O) groups is 2. The third-order valence-electron chi connectivity index (χ3n) is 6.12. The lowest BCUT2D eigenvalue weighted by Crippen LogP contribution is -2.07. The summed E-state index contributed by atoms with van der Waals surface area (Å²) in [7, 11) is -1.36. The predicted octanol–water partition coefficient (Wildman–Crippen LogP) is 8.30. The SMILES string of the molecule is COC(=O)c1ccc(COc2ccc(S(=O)(=O)c3c(Br)c(Br)c(OCc4ccc(C(=O)OC)cc4)c(Br)c3Br)cc2)cc1. The number of hydrogen-bond donors (Lipinski definition) is 0. The first-order valence-electron chi connectivity index (χ1n) is 12.3. The molecule has 0 atom stereocenters. The Balaban J connectivity index is 1.50. The van der Waals surface area contributed by atoms with E-state index in [0.717, 1.165) is 11.1 Å². The van der Waals surface area contributed by atoms with Crippen molar-refractivity contribution in [3.05, 3.63) is 113 Å². The summed E-state index contributed by atoms with van der Waals surface area (Å²) in [5, 5.41) is 0. The van der Waals surface area contributed by atoms with E-state index < -0.39 is 21.8 Å². The number of halogens is 4. The Morgan fingerprint density at radius 1 is 0.605 bits per heavy atom. The third kappa shape index (κ3) is 7.51. The van der Waals surface area contributed by atoms with E-state index in [0.29, 0.717) is 31.6 Å². The number of ether oxygens (including phenoxy) is 4. The Morgan fingerprint density at radius 3 is 1.44 bits per heavy atom. The van der Waals surface area contributed by atoms with Gasteiger partial charge in [-0.15, -0.1) is 0 Å². The van der Waals surface area contributed by atoms with Gasteiger partial charge in [-0.3, -0.25) is 0 Å². The Morgan fingerprint density at radius 2 is 1.02 bits per heavy atom. The Kier molecular flexibility index (Phi) is 11.1. The highest BCUT2D eigenvalue weighted by Gasteiger charge is 2.30. The highest BCUT2D eigenvalue weighted by atomic mass is 79.9. The maximum Gasteiger partial charge on any atom is 0.337 e. The molecule has 0 spiro atoms.